The highest BCUT2D eigenvalue weighted by Gasteiger charge is 2.05. The van der Waals surface area contributed by atoms with Crippen molar-refractivity contribution < 1.29 is 4.79 Å². The Morgan fingerprint density at radius 2 is 1.82 bits per heavy atom. The zero-order valence-corrected chi connectivity index (χ0v) is 10.3. The molecular formula is C14H13NOS. The fourth-order valence-electron chi connectivity index (χ4n) is 1.63. The van der Waals surface area contributed by atoms with Crippen molar-refractivity contribution in [2.45, 2.75) is 11.8 Å². The van der Waals surface area contributed by atoms with Crippen LogP contribution in [0.1, 0.15) is 6.92 Å². The smallest absolute Gasteiger partial charge is 0.190 e. The maximum atomic E-state index is 11.1. The van der Waals surface area contributed by atoms with E-state index in [4.69, 9.17) is 5.73 Å². The van der Waals surface area contributed by atoms with Gasteiger partial charge in [0.1, 0.15) is 0 Å². The number of rotatable bonds is 2. The number of nitrogen functional groups attached to an aromatic ring is 1. The predicted molar refractivity (Wildman–Crippen MR) is 72.8 cm³/mol. The largest absolute Gasteiger partial charge is 0.398 e. The monoisotopic (exact) mass is 243 g/mol. The van der Waals surface area contributed by atoms with Crippen LogP contribution in [0.4, 0.5) is 5.69 Å². The summed E-state index contributed by atoms with van der Waals surface area (Å²) in [5, 5.41) is 0.0776. The van der Waals surface area contributed by atoms with Crippen LogP contribution in [-0.2, 0) is 4.79 Å². The lowest BCUT2D eigenvalue weighted by Gasteiger charge is -2.07. The fourth-order valence-corrected chi connectivity index (χ4v) is 2.28. The molecule has 2 nitrogen and oxygen atoms in total. The van der Waals surface area contributed by atoms with Crippen molar-refractivity contribution in [3.63, 3.8) is 0 Å². The van der Waals surface area contributed by atoms with Gasteiger partial charge in [-0.05, 0) is 23.8 Å². The van der Waals surface area contributed by atoms with Gasteiger partial charge in [0.25, 0.3) is 0 Å². The third-order valence-corrected chi connectivity index (χ3v) is 3.15. The van der Waals surface area contributed by atoms with Crippen molar-refractivity contribution in [3.8, 4) is 11.1 Å². The number of hydrogen-bond donors (Lipinski definition) is 1. The molecule has 3 heteroatoms. The van der Waals surface area contributed by atoms with Crippen LogP contribution in [-0.4, -0.2) is 5.12 Å². The lowest BCUT2D eigenvalue weighted by molar-refractivity contribution is -0.109. The summed E-state index contributed by atoms with van der Waals surface area (Å²) in [6, 6.07) is 15.6. The quantitative estimate of drug-likeness (QED) is 0.647. The van der Waals surface area contributed by atoms with Gasteiger partial charge in [-0.2, -0.15) is 0 Å². The fraction of sp³-hybridized carbons (Fsp3) is 0.0714. The number of nitrogens with two attached hydrogens (primary N) is 1. The van der Waals surface area contributed by atoms with Gasteiger partial charge < -0.3 is 5.73 Å². The molecule has 0 aromatic heterocycles. The lowest BCUT2D eigenvalue weighted by atomic mass is 10.0. The first-order valence-electron chi connectivity index (χ1n) is 5.30. The van der Waals surface area contributed by atoms with Gasteiger partial charge in [-0.15, -0.1) is 0 Å². The molecule has 0 aliphatic rings. The van der Waals surface area contributed by atoms with Crippen molar-refractivity contribution >= 4 is 22.6 Å². The minimum Gasteiger partial charge on any atom is -0.398 e. The van der Waals surface area contributed by atoms with E-state index in [9.17, 15) is 4.79 Å². The molecule has 2 N–H and O–H groups in total. The summed E-state index contributed by atoms with van der Waals surface area (Å²) in [4.78, 5) is 12.0. The average Bonchev–Trinajstić information content (AvgIpc) is 2.32. The molecule has 0 amide bonds. The normalized spacial score (nSPS) is 10.2. The second-order valence-electron chi connectivity index (χ2n) is 3.71. The summed E-state index contributed by atoms with van der Waals surface area (Å²) in [5.74, 6) is 0. The van der Waals surface area contributed by atoms with Gasteiger partial charge in [0.15, 0.2) is 5.12 Å². The van der Waals surface area contributed by atoms with Crippen LogP contribution in [0.15, 0.2) is 53.4 Å². The summed E-state index contributed by atoms with van der Waals surface area (Å²) in [6.07, 6.45) is 0. The number of carbonyl (C=O) groups is 1. The molecule has 0 atom stereocenters. The SMILES string of the molecule is CC(=O)Sc1ccc(N)c(-c2ccccc2)c1. The number of hydrogen-bond acceptors (Lipinski definition) is 3. The van der Waals surface area contributed by atoms with Gasteiger partial charge in [0, 0.05) is 23.1 Å². The van der Waals surface area contributed by atoms with Crippen LogP contribution in [0.25, 0.3) is 11.1 Å². The zero-order valence-electron chi connectivity index (χ0n) is 9.51. The molecule has 0 saturated carbocycles. The molecule has 0 bridgehead atoms. The van der Waals surface area contributed by atoms with Crippen LogP contribution in [0.3, 0.4) is 0 Å². The maximum absolute atomic E-state index is 11.1. The summed E-state index contributed by atoms with van der Waals surface area (Å²) < 4.78 is 0. The number of benzene rings is 2. The molecule has 0 saturated heterocycles. The molecule has 2 aromatic carbocycles. The number of carbonyl (C=O) groups excluding carboxylic acids is 1. The van der Waals surface area contributed by atoms with Gasteiger partial charge in [-0.3, -0.25) is 4.79 Å². The predicted octanol–water partition coefficient (Wildman–Crippen LogP) is 3.57. The highest BCUT2D eigenvalue weighted by Crippen LogP contribution is 2.30. The third kappa shape index (κ3) is 2.88. The Labute approximate surface area is 105 Å². The molecule has 2 aromatic rings. The molecule has 0 aliphatic carbocycles. The van der Waals surface area contributed by atoms with Crippen LogP contribution in [0, 0.1) is 0 Å². The Balaban J connectivity index is 2.43. The molecule has 0 spiro atoms. The van der Waals surface area contributed by atoms with Crippen molar-refractivity contribution in [2.75, 3.05) is 5.73 Å². The summed E-state index contributed by atoms with van der Waals surface area (Å²) in [6.45, 7) is 1.56. The van der Waals surface area contributed by atoms with E-state index >= 15 is 0 Å². The van der Waals surface area contributed by atoms with E-state index in [1.54, 1.807) is 6.92 Å². The maximum Gasteiger partial charge on any atom is 0.190 e. The molecule has 0 aliphatic heterocycles. The van der Waals surface area contributed by atoms with Gasteiger partial charge >= 0.3 is 0 Å². The van der Waals surface area contributed by atoms with E-state index in [0.29, 0.717) is 0 Å². The highest BCUT2D eigenvalue weighted by atomic mass is 32.2. The van der Waals surface area contributed by atoms with Crippen LogP contribution in [0.2, 0.25) is 0 Å². The third-order valence-electron chi connectivity index (χ3n) is 2.37. The number of thioether (sulfide) groups is 1. The first kappa shape index (κ1) is 11.7. The van der Waals surface area contributed by atoms with E-state index in [1.165, 1.54) is 11.8 Å². The molecule has 0 fully saturated rings. The van der Waals surface area contributed by atoms with E-state index < -0.39 is 0 Å². The average molecular weight is 243 g/mol. The zero-order chi connectivity index (χ0) is 12.3. The molecule has 0 heterocycles. The summed E-state index contributed by atoms with van der Waals surface area (Å²) in [5.41, 5.74) is 8.72. The van der Waals surface area contributed by atoms with Gasteiger partial charge in [-0.25, -0.2) is 0 Å². The van der Waals surface area contributed by atoms with Crippen molar-refractivity contribution in [3.05, 3.63) is 48.5 Å². The minimum absolute atomic E-state index is 0.0776. The van der Waals surface area contributed by atoms with E-state index in [1.807, 2.05) is 48.5 Å². The molecule has 86 valence electrons. The van der Waals surface area contributed by atoms with Crippen LogP contribution < -0.4 is 5.73 Å². The first-order chi connectivity index (χ1) is 8.16. The molecule has 0 unspecified atom stereocenters. The minimum atomic E-state index is 0.0776. The Kier molecular flexibility index (Phi) is 3.49. The van der Waals surface area contributed by atoms with Gasteiger partial charge in [0.05, 0.1) is 0 Å². The Bertz CT molecular complexity index is 537. The van der Waals surface area contributed by atoms with Gasteiger partial charge in [-0.1, -0.05) is 42.1 Å². The summed E-state index contributed by atoms with van der Waals surface area (Å²) >= 11 is 1.22. The van der Waals surface area contributed by atoms with Crippen molar-refractivity contribution in [2.24, 2.45) is 0 Å². The standard InChI is InChI=1S/C14H13NOS/c1-10(16)17-12-7-8-14(15)13(9-12)11-5-3-2-4-6-11/h2-9H,15H2,1H3. The molecule has 0 radical (unpaired) electrons. The Morgan fingerprint density at radius 1 is 1.12 bits per heavy atom. The van der Waals surface area contributed by atoms with E-state index in [-0.39, 0.29) is 5.12 Å². The molecule has 17 heavy (non-hydrogen) atoms. The molecule has 2 rings (SSSR count). The molecular weight excluding hydrogens is 230 g/mol. The van der Waals surface area contributed by atoms with Crippen molar-refractivity contribution in [1.82, 2.24) is 0 Å². The topological polar surface area (TPSA) is 43.1 Å². The van der Waals surface area contributed by atoms with E-state index in [0.717, 1.165) is 21.7 Å². The Morgan fingerprint density at radius 3 is 2.47 bits per heavy atom. The summed E-state index contributed by atoms with van der Waals surface area (Å²) in [7, 11) is 0. The lowest BCUT2D eigenvalue weighted by Crippen LogP contribution is -1.91. The highest BCUT2D eigenvalue weighted by molar-refractivity contribution is 8.13. The second kappa shape index (κ2) is 5.06. The van der Waals surface area contributed by atoms with Crippen LogP contribution >= 0.6 is 11.8 Å². The van der Waals surface area contributed by atoms with E-state index in [2.05, 4.69) is 0 Å². The van der Waals surface area contributed by atoms with Gasteiger partial charge in [0.2, 0.25) is 0 Å². The van der Waals surface area contributed by atoms with Crippen molar-refractivity contribution in [1.29, 1.82) is 0 Å². The number of anilines is 1. The van der Waals surface area contributed by atoms with Crippen LogP contribution in [0.5, 0.6) is 0 Å². The second-order valence-corrected chi connectivity index (χ2v) is 4.96. The Hall–Kier alpha value is -1.74. The first-order valence-corrected chi connectivity index (χ1v) is 6.12.